The highest BCUT2D eigenvalue weighted by Gasteiger charge is 2.23. The van der Waals surface area contributed by atoms with E-state index in [1.54, 1.807) is 0 Å². The molecule has 0 fully saturated rings. The molecule has 0 amide bonds. The highest BCUT2D eigenvalue weighted by molar-refractivity contribution is 5.97. The van der Waals surface area contributed by atoms with Crippen molar-refractivity contribution in [1.82, 2.24) is 4.90 Å². The van der Waals surface area contributed by atoms with Crippen molar-refractivity contribution in [3.8, 4) is 0 Å². The Labute approximate surface area is 99.7 Å². The van der Waals surface area contributed by atoms with Gasteiger partial charge < -0.3 is 4.90 Å². The third-order valence-corrected chi connectivity index (χ3v) is 3.79. The second-order valence-electron chi connectivity index (χ2n) is 5.00. The fraction of sp³-hybridized carbons (Fsp3) is 0.786. The maximum atomic E-state index is 12.2. The van der Waals surface area contributed by atoms with Crippen molar-refractivity contribution < 1.29 is 4.79 Å². The Morgan fingerprint density at radius 3 is 2.44 bits per heavy atom. The second-order valence-corrected chi connectivity index (χ2v) is 5.00. The van der Waals surface area contributed by atoms with Crippen LogP contribution in [-0.4, -0.2) is 30.8 Å². The monoisotopic (exact) mass is 223 g/mol. The number of nitrogens with zero attached hydrogens (tertiary/aromatic N) is 1. The van der Waals surface area contributed by atoms with E-state index in [1.165, 1.54) is 0 Å². The molecule has 0 bridgehead atoms. The molecule has 0 heterocycles. The van der Waals surface area contributed by atoms with Crippen LogP contribution in [0.5, 0.6) is 0 Å². The molecule has 0 saturated carbocycles. The Bertz CT molecular complexity index is 264. The number of carbonyl (C=O) groups excluding carboxylic acids is 1. The summed E-state index contributed by atoms with van der Waals surface area (Å²) in [4.78, 5) is 14.4. The van der Waals surface area contributed by atoms with E-state index in [0.717, 1.165) is 37.7 Å². The molecular formula is C14H25NO. The Hall–Kier alpha value is -0.630. The van der Waals surface area contributed by atoms with Crippen molar-refractivity contribution in [3.05, 3.63) is 11.6 Å². The van der Waals surface area contributed by atoms with E-state index >= 15 is 0 Å². The molecule has 1 aliphatic rings. The van der Waals surface area contributed by atoms with Gasteiger partial charge in [0.1, 0.15) is 0 Å². The first-order chi connectivity index (χ1) is 7.60. The molecule has 2 heteroatoms. The first-order valence-electron chi connectivity index (χ1n) is 6.49. The Morgan fingerprint density at radius 1 is 1.44 bits per heavy atom. The summed E-state index contributed by atoms with van der Waals surface area (Å²) in [5.74, 6) is 0.657. The van der Waals surface area contributed by atoms with E-state index in [9.17, 15) is 4.79 Å². The minimum atomic E-state index is 0.252. The molecule has 2 nitrogen and oxygen atoms in total. The van der Waals surface area contributed by atoms with Gasteiger partial charge in [0.25, 0.3) is 0 Å². The van der Waals surface area contributed by atoms with Crippen molar-refractivity contribution in [2.75, 3.05) is 14.1 Å². The molecule has 1 rings (SSSR count). The lowest BCUT2D eigenvalue weighted by Crippen LogP contribution is -2.30. The molecular weight excluding hydrogens is 198 g/mol. The van der Waals surface area contributed by atoms with Crippen LogP contribution in [0.1, 0.15) is 46.0 Å². The topological polar surface area (TPSA) is 20.3 Å². The zero-order valence-corrected chi connectivity index (χ0v) is 11.1. The minimum Gasteiger partial charge on any atom is -0.306 e. The number of hydrogen-bond donors (Lipinski definition) is 0. The molecule has 92 valence electrons. The van der Waals surface area contributed by atoms with E-state index < -0.39 is 0 Å². The summed E-state index contributed by atoms with van der Waals surface area (Å²) in [6.07, 6.45) is 7.26. The number of Topliss-reactive ketones (excluding diaryl/α,β-unsaturated/α-hetero) is 1. The van der Waals surface area contributed by atoms with Crippen LogP contribution in [-0.2, 0) is 4.79 Å². The third-order valence-electron chi connectivity index (χ3n) is 3.79. The Morgan fingerprint density at radius 2 is 2.06 bits per heavy atom. The second kappa shape index (κ2) is 6.19. The van der Waals surface area contributed by atoms with Crippen LogP contribution in [0, 0.1) is 5.92 Å². The van der Waals surface area contributed by atoms with Crippen LogP contribution in [0.25, 0.3) is 0 Å². The highest BCUT2D eigenvalue weighted by Crippen LogP contribution is 2.25. The van der Waals surface area contributed by atoms with Crippen molar-refractivity contribution in [3.63, 3.8) is 0 Å². The van der Waals surface area contributed by atoms with E-state index in [-0.39, 0.29) is 5.92 Å². The molecule has 16 heavy (non-hydrogen) atoms. The van der Waals surface area contributed by atoms with Crippen LogP contribution >= 0.6 is 0 Å². The van der Waals surface area contributed by atoms with Gasteiger partial charge in [0.2, 0.25) is 0 Å². The zero-order valence-electron chi connectivity index (χ0n) is 11.1. The molecule has 0 aromatic rings. The van der Waals surface area contributed by atoms with Gasteiger partial charge >= 0.3 is 0 Å². The van der Waals surface area contributed by atoms with E-state index in [1.807, 2.05) is 0 Å². The number of allylic oxidation sites excluding steroid dienone is 1. The van der Waals surface area contributed by atoms with E-state index in [4.69, 9.17) is 0 Å². The van der Waals surface area contributed by atoms with Crippen LogP contribution in [0.15, 0.2) is 11.6 Å². The van der Waals surface area contributed by atoms with Gasteiger partial charge in [-0.15, -0.1) is 0 Å². The van der Waals surface area contributed by atoms with Gasteiger partial charge in [-0.3, -0.25) is 4.79 Å². The van der Waals surface area contributed by atoms with Crippen molar-refractivity contribution in [2.45, 2.75) is 52.0 Å². The summed E-state index contributed by atoms with van der Waals surface area (Å²) in [5.41, 5.74) is 1.09. The summed E-state index contributed by atoms with van der Waals surface area (Å²) in [6, 6.07) is 0.623. The van der Waals surface area contributed by atoms with E-state index in [2.05, 4.69) is 38.9 Å². The molecule has 1 atom stereocenters. The first-order valence-corrected chi connectivity index (χ1v) is 6.49. The maximum absolute atomic E-state index is 12.2. The van der Waals surface area contributed by atoms with Crippen LogP contribution < -0.4 is 0 Å². The molecule has 1 aliphatic carbocycles. The Kier molecular flexibility index (Phi) is 5.20. The minimum absolute atomic E-state index is 0.252. The van der Waals surface area contributed by atoms with Gasteiger partial charge in [0, 0.05) is 12.0 Å². The largest absolute Gasteiger partial charge is 0.306 e. The molecule has 0 spiro atoms. The predicted octanol–water partition coefficient (Wildman–Crippen LogP) is 3.03. The van der Waals surface area contributed by atoms with E-state index in [0.29, 0.717) is 11.8 Å². The molecule has 0 aromatic carbocycles. The fourth-order valence-corrected chi connectivity index (χ4v) is 2.43. The predicted molar refractivity (Wildman–Crippen MR) is 68.5 cm³/mol. The summed E-state index contributed by atoms with van der Waals surface area (Å²) in [7, 11) is 4.23. The lowest BCUT2D eigenvalue weighted by Gasteiger charge is -2.28. The standard InChI is InChI=1S/C14H25NO/c1-5-11(6-2)14(16)12-7-9-13(10-8-12)15(3)4/h7,11,13H,5-6,8-10H2,1-4H3. The number of carbonyl (C=O) groups is 1. The first kappa shape index (κ1) is 13.4. The number of ketones is 1. The molecule has 0 N–H and O–H groups in total. The van der Waals surface area contributed by atoms with Crippen molar-refractivity contribution in [2.24, 2.45) is 5.92 Å². The van der Waals surface area contributed by atoms with Gasteiger partial charge in [0.05, 0.1) is 0 Å². The van der Waals surface area contributed by atoms with Gasteiger partial charge in [-0.1, -0.05) is 19.9 Å². The quantitative estimate of drug-likeness (QED) is 0.714. The molecule has 0 saturated heterocycles. The summed E-state index contributed by atoms with van der Waals surface area (Å²) in [5, 5.41) is 0. The average molecular weight is 223 g/mol. The van der Waals surface area contributed by atoms with Gasteiger partial charge in [0.15, 0.2) is 5.78 Å². The lowest BCUT2D eigenvalue weighted by atomic mass is 9.85. The lowest BCUT2D eigenvalue weighted by molar-refractivity contribution is -0.119. The van der Waals surface area contributed by atoms with Crippen LogP contribution in [0.2, 0.25) is 0 Å². The molecule has 0 aliphatic heterocycles. The smallest absolute Gasteiger partial charge is 0.161 e. The highest BCUT2D eigenvalue weighted by atomic mass is 16.1. The van der Waals surface area contributed by atoms with Crippen LogP contribution in [0.3, 0.4) is 0 Å². The molecule has 1 unspecified atom stereocenters. The summed E-state index contributed by atoms with van der Waals surface area (Å²) in [6.45, 7) is 4.22. The zero-order chi connectivity index (χ0) is 12.1. The molecule has 0 radical (unpaired) electrons. The Balaban J connectivity index is 2.60. The summed E-state index contributed by atoms with van der Waals surface area (Å²) < 4.78 is 0. The van der Waals surface area contributed by atoms with Crippen LogP contribution in [0.4, 0.5) is 0 Å². The van der Waals surface area contributed by atoms with Gasteiger partial charge in [-0.2, -0.15) is 0 Å². The third kappa shape index (κ3) is 3.18. The maximum Gasteiger partial charge on any atom is 0.161 e. The van der Waals surface area contributed by atoms with Gasteiger partial charge in [-0.25, -0.2) is 0 Å². The SMILES string of the molecule is CCC(CC)C(=O)C1=CCC(N(C)C)CC1. The molecule has 0 aromatic heterocycles. The summed E-state index contributed by atoms with van der Waals surface area (Å²) >= 11 is 0. The fourth-order valence-electron chi connectivity index (χ4n) is 2.43. The number of rotatable bonds is 5. The average Bonchev–Trinajstić information content (AvgIpc) is 2.30. The van der Waals surface area contributed by atoms with Crippen molar-refractivity contribution in [1.29, 1.82) is 0 Å². The normalized spacial score (nSPS) is 21.4. The van der Waals surface area contributed by atoms with Gasteiger partial charge in [-0.05, 0) is 51.8 Å². The number of hydrogen-bond acceptors (Lipinski definition) is 2. The van der Waals surface area contributed by atoms with Crippen molar-refractivity contribution >= 4 is 5.78 Å².